The van der Waals surface area contributed by atoms with E-state index in [1.165, 1.54) is 0 Å². The molecule has 0 unspecified atom stereocenters. The van der Waals surface area contributed by atoms with Gasteiger partial charge in [0, 0.05) is 45.6 Å². The Morgan fingerprint density at radius 1 is 1.42 bits per heavy atom. The maximum Gasteiger partial charge on any atom is 0.257 e. The average Bonchev–Trinajstić information content (AvgIpc) is 3.07. The second-order valence-electron chi connectivity index (χ2n) is 6.05. The number of amides is 1. The van der Waals surface area contributed by atoms with E-state index in [9.17, 15) is 4.79 Å². The predicted molar refractivity (Wildman–Crippen MR) is 89.5 cm³/mol. The van der Waals surface area contributed by atoms with E-state index >= 15 is 0 Å². The fourth-order valence-corrected chi connectivity index (χ4v) is 3.04. The average molecular weight is 324 g/mol. The van der Waals surface area contributed by atoms with Crippen LogP contribution in [-0.4, -0.2) is 51.8 Å². The van der Waals surface area contributed by atoms with Crippen LogP contribution in [0, 0.1) is 11.3 Å². The normalized spacial score (nSPS) is 15.1. The lowest BCUT2D eigenvalue weighted by atomic mass is 10.0. The monoisotopic (exact) mass is 324 g/mol. The van der Waals surface area contributed by atoms with Gasteiger partial charge in [0.1, 0.15) is 5.82 Å². The minimum atomic E-state index is 0.00570. The van der Waals surface area contributed by atoms with E-state index in [-0.39, 0.29) is 11.9 Å². The summed E-state index contributed by atoms with van der Waals surface area (Å²) in [5, 5.41) is 13.1. The molecular formula is C17H20N6O. The summed E-state index contributed by atoms with van der Waals surface area (Å²) in [6.45, 7) is 1.63. The number of anilines is 1. The van der Waals surface area contributed by atoms with Crippen LogP contribution < -0.4 is 4.90 Å². The molecule has 0 aromatic carbocycles. The van der Waals surface area contributed by atoms with Crippen LogP contribution in [0.4, 0.5) is 5.82 Å². The third-order valence-corrected chi connectivity index (χ3v) is 4.48. The van der Waals surface area contributed by atoms with Gasteiger partial charge in [-0.15, -0.1) is 0 Å². The van der Waals surface area contributed by atoms with Crippen molar-refractivity contribution in [1.82, 2.24) is 19.7 Å². The highest BCUT2D eigenvalue weighted by atomic mass is 16.2. The quantitative estimate of drug-likeness (QED) is 0.853. The second kappa shape index (κ2) is 6.71. The molecule has 7 nitrogen and oxygen atoms in total. The number of nitriles is 1. The zero-order valence-electron chi connectivity index (χ0n) is 13.9. The number of piperidine rings is 1. The van der Waals surface area contributed by atoms with Gasteiger partial charge in [0.15, 0.2) is 0 Å². The number of aromatic nitrogens is 3. The third kappa shape index (κ3) is 3.23. The van der Waals surface area contributed by atoms with Crippen molar-refractivity contribution < 1.29 is 4.79 Å². The molecule has 0 N–H and O–H groups in total. The highest BCUT2D eigenvalue weighted by Gasteiger charge is 2.27. The summed E-state index contributed by atoms with van der Waals surface area (Å²) in [4.78, 5) is 20.8. The molecule has 0 atom stereocenters. The molecule has 0 radical (unpaired) electrons. The predicted octanol–water partition coefficient (Wildman–Crippen LogP) is 1.43. The van der Waals surface area contributed by atoms with Gasteiger partial charge >= 0.3 is 0 Å². The molecule has 24 heavy (non-hydrogen) atoms. The summed E-state index contributed by atoms with van der Waals surface area (Å²) in [5.41, 5.74) is 1.23. The first kappa shape index (κ1) is 16.0. The Kier molecular flexibility index (Phi) is 4.47. The number of aryl methyl sites for hydroxylation is 1. The Morgan fingerprint density at radius 2 is 2.17 bits per heavy atom. The first-order valence-electron chi connectivity index (χ1n) is 7.95. The molecule has 0 aliphatic carbocycles. The number of nitrogens with zero attached hydrogens (tertiary/aromatic N) is 6. The molecular weight excluding hydrogens is 304 g/mol. The molecule has 7 heteroatoms. The smallest absolute Gasteiger partial charge is 0.257 e. The zero-order chi connectivity index (χ0) is 17.1. The molecule has 1 fully saturated rings. The topological polar surface area (TPSA) is 78.0 Å². The Balaban J connectivity index is 1.62. The second-order valence-corrected chi connectivity index (χ2v) is 6.05. The molecule has 0 spiro atoms. The molecule has 0 saturated carbocycles. The van der Waals surface area contributed by atoms with Crippen LogP contribution in [0.5, 0.6) is 0 Å². The molecule has 1 amide bonds. The van der Waals surface area contributed by atoms with E-state index in [1.54, 1.807) is 36.4 Å². The molecule has 0 bridgehead atoms. The summed E-state index contributed by atoms with van der Waals surface area (Å²) >= 11 is 0. The van der Waals surface area contributed by atoms with Crippen molar-refractivity contribution in [2.75, 3.05) is 25.0 Å². The standard InChI is InChI=1S/C17H20N6O/c1-21-12-14(11-20-21)17(24)22(2)15-4-7-23(8-5-15)16-9-13(10-18)3-6-19-16/h3,6,9,11-12,15H,4-5,7-8H2,1-2H3. The van der Waals surface area contributed by atoms with E-state index in [4.69, 9.17) is 5.26 Å². The maximum atomic E-state index is 12.5. The highest BCUT2D eigenvalue weighted by Crippen LogP contribution is 2.22. The molecule has 2 aromatic rings. The van der Waals surface area contributed by atoms with Crippen molar-refractivity contribution in [2.45, 2.75) is 18.9 Å². The van der Waals surface area contributed by atoms with Gasteiger partial charge in [0.25, 0.3) is 5.91 Å². The van der Waals surface area contributed by atoms with Gasteiger partial charge < -0.3 is 9.80 Å². The number of pyridine rings is 1. The van der Waals surface area contributed by atoms with E-state index in [0.717, 1.165) is 31.7 Å². The lowest BCUT2D eigenvalue weighted by Crippen LogP contribution is -2.45. The van der Waals surface area contributed by atoms with Crippen LogP contribution in [-0.2, 0) is 7.05 Å². The summed E-state index contributed by atoms with van der Waals surface area (Å²) in [7, 11) is 3.65. The van der Waals surface area contributed by atoms with Crippen molar-refractivity contribution >= 4 is 11.7 Å². The molecule has 1 saturated heterocycles. The molecule has 124 valence electrons. The largest absolute Gasteiger partial charge is 0.356 e. The maximum absolute atomic E-state index is 12.5. The fourth-order valence-electron chi connectivity index (χ4n) is 3.04. The molecule has 1 aliphatic heterocycles. The van der Waals surface area contributed by atoms with Crippen LogP contribution in [0.2, 0.25) is 0 Å². The lowest BCUT2D eigenvalue weighted by Gasteiger charge is -2.37. The van der Waals surface area contributed by atoms with Crippen LogP contribution in [0.1, 0.15) is 28.8 Å². The van der Waals surface area contributed by atoms with Crippen molar-refractivity contribution in [1.29, 1.82) is 5.26 Å². The van der Waals surface area contributed by atoms with Gasteiger partial charge in [-0.25, -0.2) is 4.98 Å². The summed E-state index contributed by atoms with van der Waals surface area (Å²) in [6.07, 6.45) is 6.76. The van der Waals surface area contributed by atoms with Gasteiger partial charge in [0.05, 0.1) is 23.4 Å². The van der Waals surface area contributed by atoms with E-state index in [0.29, 0.717) is 11.1 Å². The van der Waals surface area contributed by atoms with Gasteiger partial charge in [-0.1, -0.05) is 0 Å². The third-order valence-electron chi connectivity index (χ3n) is 4.48. The highest BCUT2D eigenvalue weighted by molar-refractivity contribution is 5.93. The Morgan fingerprint density at radius 3 is 2.79 bits per heavy atom. The van der Waals surface area contributed by atoms with Crippen molar-refractivity contribution in [3.8, 4) is 6.07 Å². The zero-order valence-corrected chi connectivity index (χ0v) is 13.9. The van der Waals surface area contributed by atoms with E-state index in [1.807, 2.05) is 18.0 Å². The first-order valence-corrected chi connectivity index (χ1v) is 7.95. The van der Waals surface area contributed by atoms with Crippen LogP contribution in [0.15, 0.2) is 30.7 Å². The molecule has 3 rings (SSSR count). The van der Waals surface area contributed by atoms with Gasteiger partial charge in [0.2, 0.25) is 0 Å². The lowest BCUT2D eigenvalue weighted by molar-refractivity contribution is 0.0709. The fraction of sp³-hybridized carbons (Fsp3) is 0.412. The minimum Gasteiger partial charge on any atom is -0.356 e. The van der Waals surface area contributed by atoms with Gasteiger partial charge in [-0.2, -0.15) is 10.4 Å². The summed E-state index contributed by atoms with van der Waals surface area (Å²) in [6, 6.07) is 5.86. The van der Waals surface area contributed by atoms with Crippen molar-refractivity contribution in [2.24, 2.45) is 7.05 Å². The SMILES string of the molecule is CN(C(=O)c1cnn(C)c1)C1CCN(c2cc(C#N)ccn2)CC1. The van der Waals surface area contributed by atoms with Crippen LogP contribution in [0.3, 0.4) is 0 Å². The van der Waals surface area contributed by atoms with Crippen LogP contribution >= 0.6 is 0 Å². The Hall–Kier alpha value is -2.88. The molecule has 2 aromatic heterocycles. The van der Waals surface area contributed by atoms with Crippen molar-refractivity contribution in [3.63, 3.8) is 0 Å². The number of carbonyl (C=O) groups is 1. The van der Waals surface area contributed by atoms with Crippen LogP contribution in [0.25, 0.3) is 0 Å². The minimum absolute atomic E-state index is 0.00570. The van der Waals surface area contributed by atoms with E-state index in [2.05, 4.69) is 21.1 Å². The molecule has 3 heterocycles. The van der Waals surface area contributed by atoms with Crippen molar-refractivity contribution in [3.05, 3.63) is 41.9 Å². The first-order chi connectivity index (χ1) is 11.6. The number of hydrogen-bond donors (Lipinski definition) is 0. The summed E-state index contributed by atoms with van der Waals surface area (Å²) < 4.78 is 1.64. The Labute approximate surface area is 141 Å². The number of hydrogen-bond acceptors (Lipinski definition) is 5. The van der Waals surface area contributed by atoms with Gasteiger partial charge in [-0.3, -0.25) is 9.48 Å². The Bertz CT molecular complexity index is 769. The molecule has 1 aliphatic rings. The number of carbonyl (C=O) groups excluding carboxylic acids is 1. The summed E-state index contributed by atoms with van der Waals surface area (Å²) in [5.74, 6) is 0.833. The van der Waals surface area contributed by atoms with Gasteiger partial charge in [-0.05, 0) is 25.0 Å². The van der Waals surface area contributed by atoms with E-state index < -0.39 is 0 Å². The number of rotatable bonds is 3.